The topological polar surface area (TPSA) is 96.4 Å². The van der Waals surface area contributed by atoms with Gasteiger partial charge in [-0.2, -0.15) is 5.26 Å². The molecule has 0 heterocycles. The molecular weight excluding hydrogens is 272 g/mol. The Hall–Kier alpha value is -2.91. The molecule has 0 radical (unpaired) electrons. The molecule has 0 spiro atoms. The molecule has 106 valence electrons. The van der Waals surface area contributed by atoms with Crippen molar-refractivity contribution >= 4 is 5.69 Å². The summed E-state index contributed by atoms with van der Waals surface area (Å²) >= 11 is 0. The number of rotatable bonds is 5. The second-order valence-electron chi connectivity index (χ2n) is 4.30. The van der Waals surface area contributed by atoms with Crippen molar-refractivity contribution in [2.75, 3.05) is 0 Å². The van der Waals surface area contributed by atoms with E-state index in [1.54, 1.807) is 24.3 Å². The quantitative estimate of drug-likeness (QED) is 0.672. The normalized spacial score (nSPS) is 9.90. The van der Waals surface area contributed by atoms with Crippen LogP contribution < -0.4 is 4.74 Å². The van der Waals surface area contributed by atoms with E-state index in [-0.39, 0.29) is 18.9 Å². The van der Waals surface area contributed by atoms with Crippen LogP contribution in [0.15, 0.2) is 42.5 Å². The number of nitro benzene ring substituents is 1. The number of nitro groups is 1. The first-order chi connectivity index (χ1) is 10.1. The summed E-state index contributed by atoms with van der Waals surface area (Å²) in [5.74, 6) is 0.396. The number of non-ortho nitro benzene ring substituents is 1. The van der Waals surface area contributed by atoms with Crippen molar-refractivity contribution in [3.8, 4) is 11.8 Å². The molecule has 0 unspecified atom stereocenters. The Morgan fingerprint density at radius 3 is 2.52 bits per heavy atom. The average molecular weight is 284 g/mol. The van der Waals surface area contributed by atoms with Crippen LogP contribution in [0.1, 0.15) is 16.7 Å². The van der Waals surface area contributed by atoms with Gasteiger partial charge in [-0.05, 0) is 23.8 Å². The number of hydrogen-bond acceptors (Lipinski definition) is 5. The highest BCUT2D eigenvalue weighted by Gasteiger charge is 2.11. The van der Waals surface area contributed by atoms with Crippen LogP contribution in [0.25, 0.3) is 0 Å². The maximum Gasteiger partial charge on any atom is 0.270 e. The van der Waals surface area contributed by atoms with Gasteiger partial charge in [-0.25, -0.2) is 0 Å². The van der Waals surface area contributed by atoms with Gasteiger partial charge in [-0.3, -0.25) is 10.1 Å². The summed E-state index contributed by atoms with van der Waals surface area (Å²) < 4.78 is 5.56. The third kappa shape index (κ3) is 3.55. The monoisotopic (exact) mass is 284 g/mol. The zero-order chi connectivity index (χ0) is 15.2. The molecule has 0 bridgehead atoms. The molecule has 2 aromatic carbocycles. The fourth-order valence-electron chi connectivity index (χ4n) is 1.78. The summed E-state index contributed by atoms with van der Waals surface area (Å²) in [6.45, 7) is -0.0963. The first-order valence-corrected chi connectivity index (χ1v) is 6.14. The van der Waals surface area contributed by atoms with Crippen LogP contribution in [0.5, 0.6) is 5.75 Å². The Balaban J connectivity index is 2.12. The van der Waals surface area contributed by atoms with Gasteiger partial charge in [-0.15, -0.1) is 0 Å². The van der Waals surface area contributed by atoms with Crippen LogP contribution in [-0.2, 0) is 13.2 Å². The van der Waals surface area contributed by atoms with Crippen molar-refractivity contribution < 1.29 is 14.8 Å². The Bertz CT molecular complexity index is 690. The summed E-state index contributed by atoms with van der Waals surface area (Å²) in [5, 5.41) is 28.6. The second kappa shape index (κ2) is 6.50. The van der Waals surface area contributed by atoms with E-state index < -0.39 is 4.92 Å². The van der Waals surface area contributed by atoms with Gasteiger partial charge in [0.25, 0.3) is 5.69 Å². The Labute approximate surface area is 121 Å². The van der Waals surface area contributed by atoms with E-state index >= 15 is 0 Å². The molecule has 0 aliphatic carbocycles. The molecule has 0 fully saturated rings. The molecule has 0 atom stereocenters. The molecule has 0 saturated carbocycles. The van der Waals surface area contributed by atoms with Gasteiger partial charge in [0.1, 0.15) is 12.4 Å². The maximum atomic E-state index is 10.7. The molecule has 6 nitrogen and oxygen atoms in total. The zero-order valence-electron chi connectivity index (χ0n) is 11.0. The highest BCUT2D eigenvalue weighted by molar-refractivity contribution is 5.43. The van der Waals surface area contributed by atoms with E-state index in [9.17, 15) is 15.2 Å². The number of ether oxygens (including phenoxy) is 1. The molecule has 21 heavy (non-hydrogen) atoms. The van der Waals surface area contributed by atoms with E-state index in [2.05, 4.69) is 0 Å². The summed E-state index contributed by atoms with van der Waals surface area (Å²) in [5.41, 5.74) is 1.68. The Kier molecular flexibility index (Phi) is 4.49. The number of aliphatic hydroxyl groups is 1. The van der Waals surface area contributed by atoms with Gasteiger partial charge < -0.3 is 9.84 Å². The van der Waals surface area contributed by atoms with Gasteiger partial charge in [-0.1, -0.05) is 12.1 Å². The molecule has 0 amide bonds. The van der Waals surface area contributed by atoms with Crippen molar-refractivity contribution in [2.45, 2.75) is 13.2 Å². The van der Waals surface area contributed by atoms with Crippen molar-refractivity contribution in [2.24, 2.45) is 0 Å². The van der Waals surface area contributed by atoms with Crippen LogP contribution in [0.3, 0.4) is 0 Å². The van der Waals surface area contributed by atoms with Gasteiger partial charge in [0, 0.05) is 17.7 Å². The minimum Gasteiger partial charge on any atom is -0.489 e. The van der Waals surface area contributed by atoms with Gasteiger partial charge >= 0.3 is 0 Å². The maximum absolute atomic E-state index is 10.7. The van der Waals surface area contributed by atoms with Gasteiger partial charge in [0.2, 0.25) is 0 Å². The molecular formula is C15H12N2O4. The summed E-state index contributed by atoms with van der Waals surface area (Å²) in [6.07, 6.45) is 0. The first kappa shape index (κ1) is 14.5. The summed E-state index contributed by atoms with van der Waals surface area (Å²) in [6, 6.07) is 13.0. The van der Waals surface area contributed by atoms with E-state index in [0.29, 0.717) is 16.9 Å². The SMILES string of the molecule is N#Cc1ccc(COc2ccc([N+](=O)[O-])cc2CO)cc1. The van der Waals surface area contributed by atoms with E-state index in [4.69, 9.17) is 10.00 Å². The smallest absolute Gasteiger partial charge is 0.270 e. The molecule has 0 aliphatic rings. The van der Waals surface area contributed by atoms with E-state index in [1.807, 2.05) is 6.07 Å². The molecule has 0 saturated heterocycles. The van der Waals surface area contributed by atoms with E-state index in [1.165, 1.54) is 18.2 Å². The highest BCUT2D eigenvalue weighted by atomic mass is 16.6. The molecule has 2 rings (SSSR count). The van der Waals surface area contributed by atoms with Crippen LogP contribution in [0, 0.1) is 21.4 Å². The third-order valence-corrected chi connectivity index (χ3v) is 2.90. The minimum atomic E-state index is -0.524. The number of aliphatic hydroxyl groups excluding tert-OH is 1. The first-order valence-electron chi connectivity index (χ1n) is 6.14. The fraction of sp³-hybridized carbons (Fsp3) is 0.133. The third-order valence-electron chi connectivity index (χ3n) is 2.90. The predicted molar refractivity (Wildman–Crippen MR) is 74.5 cm³/mol. The van der Waals surface area contributed by atoms with Gasteiger partial charge in [0.05, 0.1) is 23.2 Å². The van der Waals surface area contributed by atoms with Crippen molar-refractivity contribution in [1.82, 2.24) is 0 Å². The molecule has 2 aromatic rings. The number of nitriles is 1. The van der Waals surface area contributed by atoms with Gasteiger partial charge in [0.15, 0.2) is 0 Å². The second-order valence-corrected chi connectivity index (χ2v) is 4.30. The Morgan fingerprint density at radius 1 is 1.24 bits per heavy atom. The van der Waals surface area contributed by atoms with Crippen LogP contribution in [0.2, 0.25) is 0 Å². The van der Waals surface area contributed by atoms with Crippen molar-refractivity contribution in [3.63, 3.8) is 0 Å². The number of hydrogen-bond donors (Lipinski definition) is 1. The predicted octanol–water partition coefficient (Wildman–Crippen LogP) is 2.54. The van der Waals surface area contributed by atoms with E-state index in [0.717, 1.165) is 5.56 Å². The highest BCUT2D eigenvalue weighted by Crippen LogP contribution is 2.25. The minimum absolute atomic E-state index is 0.0928. The largest absolute Gasteiger partial charge is 0.489 e. The fourth-order valence-corrected chi connectivity index (χ4v) is 1.78. The molecule has 1 N–H and O–H groups in total. The lowest BCUT2D eigenvalue weighted by molar-refractivity contribution is -0.385. The van der Waals surface area contributed by atoms with Crippen LogP contribution in [-0.4, -0.2) is 10.0 Å². The molecule has 0 aromatic heterocycles. The standard InChI is InChI=1S/C15H12N2O4/c16-8-11-1-3-12(4-2-11)10-21-15-6-5-14(17(19)20)7-13(15)9-18/h1-7,18H,9-10H2. The average Bonchev–Trinajstić information content (AvgIpc) is 2.53. The zero-order valence-corrected chi connectivity index (χ0v) is 11.0. The van der Waals surface area contributed by atoms with Crippen molar-refractivity contribution in [1.29, 1.82) is 5.26 Å². The Morgan fingerprint density at radius 2 is 1.95 bits per heavy atom. The summed E-state index contributed by atoms with van der Waals surface area (Å²) in [7, 11) is 0. The number of benzene rings is 2. The summed E-state index contributed by atoms with van der Waals surface area (Å²) in [4.78, 5) is 10.2. The lowest BCUT2D eigenvalue weighted by atomic mass is 10.1. The molecule has 0 aliphatic heterocycles. The number of nitrogens with zero attached hydrogens (tertiary/aromatic N) is 2. The van der Waals surface area contributed by atoms with Crippen LogP contribution >= 0.6 is 0 Å². The van der Waals surface area contributed by atoms with Crippen molar-refractivity contribution in [3.05, 3.63) is 69.3 Å². The lowest BCUT2D eigenvalue weighted by Crippen LogP contribution is -2.00. The van der Waals surface area contributed by atoms with Crippen LogP contribution in [0.4, 0.5) is 5.69 Å². The molecule has 6 heteroatoms. The lowest BCUT2D eigenvalue weighted by Gasteiger charge is -2.10.